The summed E-state index contributed by atoms with van der Waals surface area (Å²) >= 11 is 0. The molecule has 4 aromatic rings. The Kier molecular flexibility index (Phi) is 7.14. The Morgan fingerprint density at radius 2 is 1.76 bits per heavy atom. The summed E-state index contributed by atoms with van der Waals surface area (Å²) in [6, 6.07) is 12.5. The topological polar surface area (TPSA) is 153 Å². The van der Waals surface area contributed by atoms with Gasteiger partial charge < -0.3 is 9.73 Å². The van der Waals surface area contributed by atoms with Crippen LogP contribution in [0.15, 0.2) is 58.0 Å². The van der Waals surface area contributed by atoms with Gasteiger partial charge in [-0.2, -0.15) is 5.10 Å². The minimum absolute atomic E-state index is 0.00313. The van der Waals surface area contributed by atoms with E-state index >= 15 is 0 Å². The van der Waals surface area contributed by atoms with Crippen molar-refractivity contribution in [3.8, 4) is 0 Å². The molecule has 0 aliphatic carbocycles. The molecule has 0 bridgehead atoms. The summed E-state index contributed by atoms with van der Waals surface area (Å²) in [4.78, 5) is 33.7. The minimum Gasteiger partial charge on any atom is -0.455 e. The molecule has 1 amide bonds. The van der Waals surface area contributed by atoms with Crippen molar-refractivity contribution in [1.29, 1.82) is 0 Å². The highest BCUT2D eigenvalue weighted by atomic mass is 16.6. The third-order valence-electron chi connectivity index (χ3n) is 6.09. The number of benzene rings is 3. The number of nitrogens with zero attached hydrogens (tertiary/aromatic N) is 3. The molecule has 2 N–H and O–H groups in total. The van der Waals surface area contributed by atoms with Gasteiger partial charge in [-0.15, -0.1) is 0 Å². The van der Waals surface area contributed by atoms with Crippen LogP contribution in [0.3, 0.4) is 0 Å². The molecule has 0 radical (unpaired) electrons. The zero-order valence-corrected chi connectivity index (χ0v) is 20.5. The maximum atomic E-state index is 12.5. The highest BCUT2D eigenvalue weighted by Gasteiger charge is 2.20. The maximum Gasteiger partial charge on any atom is 0.301 e. The highest BCUT2D eigenvalue weighted by molar-refractivity contribution is 5.94. The van der Waals surface area contributed by atoms with E-state index < -0.39 is 21.2 Å². The zero-order valence-electron chi connectivity index (χ0n) is 20.5. The molecule has 11 heteroatoms. The third-order valence-corrected chi connectivity index (χ3v) is 6.09. The molecular formula is C26H25N5O6. The molecule has 11 nitrogen and oxygen atoms in total. The Labute approximate surface area is 211 Å². The van der Waals surface area contributed by atoms with Gasteiger partial charge in [0, 0.05) is 28.9 Å². The van der Waals surface area contributed by atoms with Crippen LogP contribution in [0.4, 0.5) is 17.1 Å². The van der Waals surface area contributed by atoms with E-state index in [4.69, 9.17) is 4.42 Å². The van der Waals surface area contributed by atoms with Crippen LogP contribution in [0.5, 0.6) is 0 Å². The number of carbonyl (C=O) groups is 1. The number of para-hydroxylation sites is 1. The van der Waals surface area contributed by atoms with Crippen molar-refractivity contribution in [3.05, 3.63) is 90.8 Å². The lowest BCUT2D eigenvalue weighted by atomic mass is 10.0. The molecule has 0 unspecified atom stereocenters. The maximum absolute atomic E-state index is 12.5. The van der Waals surface area contributed by atoms with Crippen LogP contribution in [-0.4, -0.2) is 22.3 Å². The van der Waals surface area contributed by atoms with Crippen molar-refractivity contribution < 1.29 is 19.1 Å². The van der Waals surface area contributed by atoms with E-state index in [1.54, 1.807) is 12.1 Å². The van der Waals surface area contributed by atoms with Gasteiger partial charge in [0.05, 0.1) is 22.3 Å². The van der Waals surface area contributed by atoms with Gasteiger partial charge in [0.1, 0.15) is 22.2 Å². The van der Waals surface area contributed by atoms with Gasteiger partial charge in [0.25, 0.3) is 5.69 Å². The molecule has 0 aliphatic rings. The lowest BCUT2D eigenvalue weighted by molar-refractivity contribution is -0.393. The monoisotopic (exact) mass is 503 g/mol. The SMILES string of the molecule is CCCNC(=O)Cc1cccc2/c(=N\Nc3ccc([N+](=O)[O-])cc3[N+](=O)[O-])c3ccc(C)c(C)c3oc12. The van der Waals surface area contributed by atoms with Crippen molar-refractivity contribution in [2.75, 3.05) is 12.0 Å². The summed E-state index contributed by atoms with van der Waals surface area (Å²) in [7, 11) is 0. The van der Waals surface area contributed by atoms with Gasteiger partial charge in [0.2, 0.25) is 5.91 Å². The summed E-state index contributed by atoms with van der Waals surface area (Å²) in [6.07, 6.45) is 0.927. The number of nitro benzene ring substituents is 2. The summed E-state index contributed by atoms with van der Waals surface area (Å²) in [5.41, 5.74) is 5.46. The summed E-state index contributed by atoms with van der Waals surface area (Å²) in [5.74, 6) is -0.135. The number of rotatable bonds is 8. The normalized spacial score (nSPS) is 11.6. The number of hydrogen-bond acceptors (Lipinski definition) is 8. The second kappa shape index (κ2) is 10.4. The second-order valence-corrected chi connectivity index (χ2v) is 8.59. The number of fused-ring (bicyclic) bond motifs is 2. The molecule has 0 aliphatic heterocycles. The van der Waals surface area contributed by atoms with Crippen LogP contribution >= 0.6 is 0 Å². The molecule has 0 atom stereocenters. The standard InChI is InChI=1S/C26H25N5O6/c1-4-12-27-23(32)13-17-6-5-7-19-24(20-10-8-15(2)16(3)25(20)37-26(17)19)29-28-21-11-9-18(30(33)34)14-22(21)31(35)36/h5-11,14,28H,4,12-13H2,1-3H3,(H,27,32)/b29-24+. The van der Waals surface area contributed by atoms with E-state index in [0.29, 0.717) is 39.4 Å². The van der Waals surface area contributed by atoms with Crippen LogP contribution < -0.4 is 16.1 Å². The summed E-state index contributed by atoms with van der Waals surface area (Å²) < 4.78 is 6.34. The first kappa shape index (κ1) is 25.3. The number of amides is 1. The molecule has 1 heterocycles. The molecular weight excluding hydrogens is 478 g/mol. The van der Waals surface area contributed by atoms with Crippen molar-refractivity contribution in [1.82, 2.24) is 5.32 Å². The average Bonchev–Trinajstić information content (AvgIpc) is 2.88. The molecule has 3 aromatic carbocycles. The third kappa shape index (κ3) is 5.10. The van der Waals surface area contributed by atoms with Gasteiger partial charge in [-0.1, -0.05) is 25.1 Å². The van der Waals surface area contributed by atoms with E-state index in [1.807, 2.05) is 39.0 Å². The van der Waals surface area contributed by atoms with Crippen molar-refractivity contribution in [3.63, 3.8) is 0 Å². The molecule has 0 spiro atoms. The summed E-state index contributed by atoms with van der Waals surface area (Å²) in [6.45, 7) is 6.41. The Morgan fingerprint density at radius 3 is 2.46 bits per heavy atom. The molecule has 0 fully saturated rings. The van der Waals surface area contributed by atoms with E-state index in [9.17, 15) is 25.0 Å². The number of nitro groups is 2. The van der Waals surface area contributed by atoms with E-state index in [1.165, 1.54) is 12.1 Å². The Hall–Kier alpha value is -4.80. The van der Waals surface area contributed by atoms with Gasteiger partial charge in [-0.3, -0.25) is 30.4 Å². The Bertz CT molecular complexity index is 1630. The van der Waals surface area contributed by atoms with Crippen LogP contribution in [0.2, 0.25) is 0 Å². The van der Waals surface area contributed by atoms with Crippen LogP contribution in [0.1, 0.15) is 30.0 Å². The van der Waals surface area contributed by atoms with Crippen molar-refractivity contribution in [2.45, 2.75) is 33.6 Å². The fraction of sp³-hybridized carbons (Fsp3) is 0.231. The fourth-order valence-electron chi connectivity index (χ4n) is 4.00. The van der Waals surface area contributed by atoms with E-state index in [0.717, 1.165) is 23.6 Å². The van der Waals surface area contributed by atoms with Gasteiger partial charge in [0.15, 0.2) is 0 Å². The van der Waals surface area contributed by atoms with Gasteiger partial charge in [-0.25, -0.2) is 0 Å². The Morgan fingerprint density at radius 1 is 1.00 bits per heavy atom. The van der Waals surface area contributed by atoms with Gasteiger partial charge in [-0.05, 0) is 49.6 Å². The average molecular weight is 504 g/mol. The second-order valence-electron chi connectivity index (χ2n) is 8.59. The first-order valence-corrected chi connectivity index (χ1v) is 11.6. The van der Waals surface area contributed by atoms with Crippen LogP contribution in [-0.2, 0) is 11.2 Å². The van der Waals surface area contributed by atoms with Crippen LogP contribution in [0.25, 0.3) is 21.9 Å². The van der Waals surface area contributed by atoms with E-state index in [-0.39, 0.29) is 18.0 Å². The molecule has 0 saturated carbocycles. The molecule has 4 rings (SSSR count). The molecule has 190 valence electrons. The number of hydrogen-bond donors (Lipinski definition) is 2. The lowest BCUT2D eigenvalue weighted by Gasteiger charge is -2.12. The van der Waals surface area contributed by atoms with Crippen molar-refractivity contribution in [2.24, 2.45) is 5.10 Å². The Balaban J connectivity index is 1.94. The smallest absolute Gasteiger partial charge is 0.301 e. The fourth-order valence-corrected chi connectivity index (χ4v) is 4.00. The summed E-state index contributed by atoms with van der Waals surface area (Å²) in [5, 5.41) is 31.8. The molecule has 0 saturated heterocycles. The number of carbonyl (C=O) groups excluding carboxylic acids is 1. The highest BCUT2D eigenvalue weighted by Crippen LogP contribution is 2.30. The van der Waals surface area contributed by atoms with Gasteiger partial charge >= 0.3 is 5.69 Å². The first-order valence-electron chi connectivity index (χ1n) is 11.6. The van der Waals surface area contributed by atoms with Crippen LogP contribution in [0, 0.1) is 34.1 Å². The number of non-ortho nitro benzene ring substituents is 1. The van der Waals surface area contributed by atoms with E-state index in [2.05, 4.69) is 15.8 Å². The predicted octanol–water partition coefficient (Wildman–Crippen LogP) is 5.02. The zero-order chi connectivity index (χ0) is 26.7. The molecule has 1 aromatic heterocycles. The number of aryl methyl sites for hydroxylation is 2. The first-order chi connectivity index (χ1) is 17.7. The quantitative estimate of drug-likeness (QED) is 0.194. The lowest BCUT2D eigenvalue weighted by Crippen LogP contribution is -2.25. The molecule has 37 heavy (non-hydrogen) atoms. The number of nitrogens with one attached hydrogen (secondary N) is 2. The van der Waals surface area contributed by atoms with Crippen molar-refractivity contribution >= 4 is 44.9 Å². The largest absolute Gasteiger partial charge is 0.455 e. The minimum atomic E-state index is -0.706. The predicted molar refractivity (Wildman–Crippen MR) is 139 cm³/mol. The number of anilines is 1.